The number of hydrogen-bond donors (Lipinski definition) is 0. The third kappa shape index (κ3) is 3.48. The Kier molecular flexibility index (Phi) is 5.63. The fourth-order valence-electron chi connectivity index (χ4n) is 4.01. The van der Waals surface area contributed by atoms with Crippen molar-refractivity contribution in [3.63, 3.8) is 0 Å². The smallest absolute Gasteiger partial charge is 0.336 e. The van der Waals surface area contributed by atoms with E-state index >= 15 is 0 Å². The molecule has 0 bridgehead atoms. The van der Waals surface area contributed by atoms with Gasteiger partial charge in [0.2, 0.25) is 0 Å². The van der Waals surface area contributed by atoms with Crippen LogP contribution in [0, 0.1) is 5.92 Å². The summed E-state index contributed by atoms with van der Waals surface area (Å²) in [4.78, 5) is 30.3. The quantitative estimate of drug-likeness (QED) is 0.741. The highest BCUT2D eigenvalue weighted by molar-refractivity contribution is 6.11. The molecule has 1 aliphatic heterocycles. The lowest BCUT2D eigenvalue weighted by molar-refractivity contribution is -0.139. The summed E-state index contributed by atoms with van der Waals surface area (Å²) in [5.41, 5.74) is 2.61. The number of rotatable bonds is 5. The number of ketones is 1. The highest BCUT2D eigenvalue weighted by Crippen LogP contribution is 2.46. The number of benzene rings is 1. The third-order valence-corrected chi connectivity index (χ3v) is 5.17. The Labute approximate surface area is 159 Å². The molecular weight excluding hydrogens is 346 g/mol. The van der Waals surface area contributed by atoms with Gasteiger partial charge in [-0.2, -0.15) is 0 Å². The zero-order valence-corrected chi connectivity index (χ0v) is 16.2. The van der Waals surface area contributed by atoms with Gasteiger partial charge >= 0.3 is 5.97 Å². The minimum Gasteiger partial charge on any atom is -0.497 e. The molecule has 1 aliphatic carbocycles. The van der Waals surface area contributed by atoms with E-state index in [2.05, 4.69) is 4.99 Å². The Hall–Kier alpha value is -2.63. The lowest BCUT2D eigenvalue weighted by Gasteiger charge is -2.36. The second-order valence-electron chi connectivity index (χ2n) is 6.71. The van der Waals surface area contributed by atoms with E-state index in [1.807, 2.05) is 6.07 Å². The van der Waals surface area contributed by atoms with Gasteiger partial charge in [0.1, 0.15) is 17.3 Å². The number of Topliss-reactive ketones (excluding diaryl/α,β-unsaturated/α-hetero) is 1. The van der Waals surface area contributed by atoms with Crippen molar-refractivity contribution in [1.29, 1.82) is 0 Å². The van der Waals surface area contributed by atoms with Crippen LogP contribution in [0.3, 0.4) is 0 Å². The SMILES string of the molecule is CCOC(=O)C1=C(C)N=C2CCCC(=O)C2C1c1cc(OC)ccc1OC. The van der Waals surface area contributed by atoms with Crippen LogP contribution in [0.4, 0.5) is 0 Å². The summed E-state index contributed by atoms with van der Waals surface area (Å²) < 4.78 is 16.2. The Morgan fingerprint density at radius 3 is 2.63 bits per heavy atom. The first-order valence-corrected chi connectivity index (χ1v) is 9.21. The highest BCUT2D eigenvalue weighted by Gasteiger charge is 2.44. The van der Waals surface area contributed by atoms with Gasteiger partial charge in [-0.3, -0.25) is 9.79 Å². The molecule has 0 spiro atoms. The molecule has 27 heavy (non-hydrogen) atoms. The van der Waals surface area contributed by atoms with Crippen LogP contribution >= 0.6 is 0 Å². The maximum absolute atomic E-state index is 12.9. The van der Waals surface area contributed by atoms with E-state index in [0.717, 1.165) is 24.1 Å². The van der Waals surface area contributed by atoms with E-state index in [4.69, 9.17) is 14.2 Å². The average Bonchev–Trinajstić information content (AvgIpc) is 2.66. The largest absolute Gasteiger partial charge is 0.497 e. The second-order valence-corrected chi connectivity index (χ2v) is 6.71. The highest BCUT2D eigenvalue weighted by atomic mass is 16.5. The maximum Gasteiger partial charge on any atom is 0.336 e. The molecule has 0 saturated heterocycles. The molecule has 2 aliphatic rings. The van der Waals surface area contributed by atoms with Crippen LogP contribution in [-0.2, 0) is 14.3 Å². The molecule has 144 valence electrons. The van der Waals surface area contributed by atoms with Crippen molar-refractivity contribution in [3.05, 3.63) is 35.0 Å². The van der Waals surface area contributed by atoms with Gasteiger partial charge in [-0.05, 0) is 44.9 Å². The Balaban J connectivity index is 2.23. The van der Waals surface area contributed by atoms with Gasteiger partial charge in [-0.25, -0.2) is 4.79 Å². The van der Waals surface area contributed by atoms with Crippen molar-refractivity contribution < 1.29 is 23.8 Å². The molecule has 1 heterocycles. The van der Waals surface area contributed by atoms with E-state index in [1.165, 1.54) is 0 Å². The predicted molar refractivity (Wildman–Crippen MR) is 101 cm³/mol. The summed E-state index contributed by atoms with van der Waals surface area (Å²) in [5.74, 6) is -0.0542. The second kappa shape index (κ2) is 7.94. The molecule has 1 aromatic carbocycles. The summed E-state index contributed by atoms with van der Waals surface area (Å²) in [6.45, 7) is 3.82. The van der Waals surface area contributed by atoms with Crippen LogP contribution in [0.2, 0.25) is 0 Å². The van der Waals surface area contributed by atoms with Crippen LogP contribution in [0.15, 0.2) is 34.5 Å². The number of ether oxygens (including phenoxy) is 3. The molecule has 3 rings (SSSR count). The average molecular weight is 371 g/mol. The van der Waals surface area contributed by atoms with E-state index in [9.17, 15) is 9.59 Å². The topological polar surface area (TPSA) is 74.2 Å². The first-order chi connectivity index (χ1) is 13.0. The molecule has 6 nitrogen and oxygen atoms in total. The molecule has 0 N–H and O–H groups in total. The first-order valence-electron chi connectivity index (χ1n) is 9.21. The van der Waals surface area contributed by atoms with Gasteiger partial charge < -0.3 is 14.2 Å². The normalized spacial score (nSPS) is 22.1. The number of aliphatic imine (C=N–C) groups is 1. The van der Waals surface area contributed by atoms with Gasteiger partial charge in [0, 0.05) is 29.3 Å². The molecule has 0 amide bonds. The minimum absolute atomic E-state index is 0.101. The zero-order chi connectivity index (χ0) is 19.6. The van der Waals surface area contributed by atoms with Gasteiger partial charge in [0.15, 0.2) is 0 Å². The van der Waals surface area contributed by atoms with Gasteiger partial charge in [0.05, 0.1) is 32.3 Å². The molecule has 1 saturated carbocycles. The van der Waals surface area contributed by atoms with E-state index < -0.39 is 17.8 Å². The van der Waals surface area contributed by atoms with E-state index in [1.54, 1.807) is 40.2 Å². The van der Waals surface area contributed by atoms with Crippen LogP contribution in [0.5, 0.6) is 11.5 Å². The molecule has 0 aromatic heterocycles. The predicted octanol–water partition coefficient (Wildman–Crippen LogP) is 3.45. The minimum atomic E-state index is -0.491. The fraction of sp³-hybridized carbons (Fsp3) is 0.476. The Morgan fingerprint density at radius 1 is 1.19 bits per heavy atom. The van der Waals surface area contributed by atoms with Crippen molar-refractivity contribution in [3.8, 4) is 11.5 Å². The number of allylic oxidation sites excluding steroid dienone is 1. The van der Waals surface area contributed by atoms with Crippen LogP contribution < -0.4 is 9.47 Å². The number of hydrogen-bond acceptors (Lipinski definition) is 6. The van der Waals surface area contributed by atoms with Gasteiger partial charge in [-0.1, -0.05) is 0 Å². The number of methoxy groups -OCH3 is 2. The molecule has 1 aromatic rings. The molecular formula is C21H25NO5. The number of carbonyl (C=O) groups is 2. The van der Waals surface area contributed by atoms with E-state index in [-0.39, 0.29) is 12.4 Å². The number of esters is 1. The summed E-state index contributed by atoms with van der Waals surface area (Å²) in [7, 11) is 3.16. The van der Waals surface area contributed by atoms with Crippen LogP contribution in [-0.4, -0.2) is 38.3 Å². The summed E-state index contributed by atoms with van der Waals surface area (Å²) in [6, 6.07) is 5.43. The van der Waals surface area contributed by atoms with E-state index in [0.29, 0.717) is 29.2 Å². The third-order valence-electron chi connectivity index (χ3n) is 5.17. The maximum atomic E-state index is 12.9. The van der Waals surface area contributed by atoms with Gasteiger partial charge in [0.25, 0.3) is 0 Å². The first kappa shape index (κ1) is 19.1. The number of nitrogens with zero attached hydrogens (tertiary/aromatic N) is 1. The van der Waals surface area contributed by atoms with Crippen molar-refractivity contribution in [2.45, 2.75) is 39.0 Å². The Bertz CT molecular complexity index is 824. The van der Waals surface area contributed by atoms with Gasteiger partial charge in [-0.15, -0.1) is 0 Å². The van der Waals surface area contributed by atoms with Crippen LogP contribution in [0.25, 0.3) is 0 Å². The molecule has 6 heteroatoms. The van der Waals surface area contributed by atoms with Crippen molar-refractivity contribution in [2.75, 3.05) is 20.8 Å². The fourth-order valence-corrected chi connectivity index (χ4v) is 4.01. The van der Waals surface area contributed by atoms with Crippen molar-refractivity contribution >= 4 is 17.5 Å². The standard InChI is InChI=1S/C21H25NO5/c1-5-27-21(24)18-12(2)22-15-7-6-8-16(23)20(15)19(18)14-11-13(25-3)9-10-17(14)26-4/h9-11,19-20H,5-8H2,1-4H3. The summed E-state index contributed by atoms with van der Waals surface area (Å²) in [5, 5.41) is 0. The molecule has 2 unspecified atom stereocenters. The Morgan fingerprint density at radius 2 is 1.96 bits per heavy atom. The zero-order valence-electron chi connectivity index (χ0n) is 16.2. The van der Waals surface area contributed by atoms with Crippen molar-refractivity contribution in [2.24, 2.45) is 10.9 Å². The lowest BCUT2D eigenvalue weighted by Crippen LogP contribution is -2.39. The van der Waals surface area contributed by atoms with Crippen LogP contribution in [0.1, 0.15) is 44.6 Å². The molecule has 0 radical (unpaired) electrons. The number of fused-ring (bicyclic) bond motifs is 1. The lowest BCUT2D eigenvalue weighted by atomic mass is 9.69. The monoisotopic (exact) mass is 371 g/mol. The van der Waals surface area contributed by atoms with Crippen molar-refractivity contribution in [1.82, 2.24) is 0 Å². The molecule has 2 atom stereocenters. The molecule has 1 fully saturated rings. The number of carbonyl (C=O) groups excluding carboxylic acids is 2. The summed E-state index contributed by atoms with van der Waals surface area (Å²) >= 11 is 0. The summed E-state index contributed by atoms with van der Waals surface area (Å²) in [6.07, 6.45) is 2.03.